The first-order valence-electron chi connectivity index (χ1n) is 11.7. The zero-order valence-electron chi connectivity index (χ0n) is 19.2. The van der Waals surface area contributed by atoms with Crippen LogP contribution < -0.4 is 9.64 Å². The van der Waals surface area contributed by atoms with Gasteiger partial charge in [0.2, 0.25) is 0 Å². The van der Waals surface area contributed by atoms with Crippen molar-refractivity contribution in [1.82, 2.24) is 4.90 Å². The summed E-state index contributed by atoms with van der Waals surface area (Å²) >= 11 is 0. The number of carbonyl (C=O) groups is 2. The number of piperazine rings is 1. The van der Waals surface area contributed by atoms with Crippen LogP contribution in [-0.4, -0.2) is 62.6 Å². The molecule has 2 aliphatic carbocycles. The maximum Gasteiger partial charge on any atom is 0.311 e. The Hall–Kier alpha value is -2.60. The lowest BCUT2D eigenvalue weighted by Crippen LogP contribution is -2.49. The van der Waals surface area contributed by atoms with Gasteiger partial charge in [0.15, 0.2) is 5.78 Å². The minimum Gasteiger partial charge on any atom is -0.497 e. The topological polar surface area (TPSA) is 59.1 Å². The number of hydrogen-bond donors (Lipinski definition) is 0. The minimum absolute atomic E-state index is 0.0484. The molecule has 0 amide bonds. The number of esters is 1. The highest BCUT2D eigenvalue weighted by Crippen LogP contribution is 2.53. The van der Waals surface area contributed by atoms with Crippen molar-refractivity contribution in [1.29, 1.82) is 0 Å². The fraction of sp³-hybridized carbons (Fsp3) is 0.538. The molecule has 4 aliphatic rings. The van der Waals surface area contributed by atoms with E-state index in [1.807, 2.05) is 25.1 Å². The van der Waals surface area contributed by atoms with Gasteiger partial charge in [-0.1, -0.05) is 13.0 Å². The molecule has 3 fully saturated rings. The molecule has 0 bridgehead atoms. The maximum atomic E-state index is 12.9. The monoisotopic (exact) mass is 436 g/mol. The lowest BCUT2D eigenvalue weighted by Gasteiger charge is -2.43. The highest BCUT2D eigenvalue weighted by atomic mass is 16.6. The van der Waals surface area contributed by atoms with Gasteiger partial charge in [0.25, 0.3) is 0 Å². The molecular formula is C26H32N2O4. The fourth-order valence-corrected chi connectivity index (χ4v) is 6.04. The van der Waals surface area contributed by atoms with E-state index >= 15 is 0 Å². The van der Waals surface area contributed by atoms with Gasteiger partial charge in [-0.3, -0.25) is 14.5 Å². The fourth-order valence-electron chi connectivity index (χ4n) is 6.04. The van der Waals surface area contributed by atoms with Crippen molar-refractivity contribution in [3.8, 4) is 5.75 Å². The maximum absolute atomic E-state index is 12.9. The predicted octanol–water partition coefficient (Wildman–Crippen LogP) is 3.23. The van der Waals surface area contributed by atoms with Crippen LogP contribution in [-0.2, 0) is 14.3 Å². The SMILES string of the molecule is COc1ccc(N2CCN(C[C@H]3C(=O)O[C@@H]4C5=C(C)C(=O)C=C[C@]5(C)CC[C@H]43)CC2)cc1. The molecule has 0 unspecified atom stereocenters. The predicted molar refractivity (Wildman–Crippen MR) is 123 cm³/mol. The van der Waals surface area contributed by atoms with Gasteiger partial charge in [0.05, 0.1) is 13.0 Å². The molecule has 2 aliphatic heterocycles. The summed E-state index contributed by atoms with van der Waals surface area (Å²) in [5.74, 6) is 0.875. The number of hydrogen-bond acceptors (Lipinski definition) is 6. The van der Waals surface area contributed by atoms with Crippen LogP contribution in [0.25, 0.3) is 0 Å². The third-order valence-corrected chi connectivity index (χ3v) is 7.99. The number of anilines is 1. The Labute approximate surface area is 189 Å². The van der Waals surface area contributed by atoms with Crippen LogP contribution in [0.2, 0.25) is 0 Å². The highest BCUT2D eigenvalue weighted by molar-refractivity contribution is 6.05. The van der Waals surface area contributed by atoms with Gasteiger partial charge >= 0.3 is 5.97 Å². The third kappa shape index (κ3) is 3.54. The van der Waals surface area contributed by atoms with E-state index in [1.165, 1.54) is 5.69 Å². The van der Waals surface area contributed by atoms with E-state index in [-0.39, 0.29) is 35.1 Å². The molecule has 6 heteroatoms. The summed E-state index contributed by atoms with van der Waals surface area (Å²) in [5.41, 5.74) is 2.85. The first kappa shape index (κ1) is 21.3. The molecule has 2 heterocycles. The smallest absolute Gasteiger partial charge is 0.311 e. The molecule has 0 radical (unpaired) electrons. The number of carbonyl (C=O) groups excluding carboxylic acids is 2. The van der Waals surface area contributed by atoms with Crippen LogP contribution >= 0.6 is 0 Å². The van der Waals surface area contributed by atoms with E-state index in [1.54, 1.807) is 13.2 Å². The number of allylic oxidation sites excluding steroid dienone is 3. The Kier molecular flexibility index (Phi) is 5.36. The third-order valence-electron chi connectivity index (χ3n) is 7.99. The van der Waals surface area contributed by atoms with Crippen molar-refractivity contribution in [3.63, 3.8) is 0 Å². The molecule has 1 saturated carbocycles. The van der Waals surface area contributed by atoms with Crippen molar-refractivity contribution >= 4 is 17.4 Å². The quantitative estimate of drug-likeness (QED) is 0.676. The number of fused-ring (bicyclic) bond motifs is 3. The summed E-state index contributed by atoms with van der Waals surface area (Å²) in [5, 5.41) is 0. The Bertz CT molecular complexity index is 974. The van der Waals surface area contributed by atoms with Crippen LogP contribution in [0.1, 0.15) is 26.7 Å². The summed E-state index contributed by atoms with van der Waals surface area (Å²) in [6.45, 7) is 8.52. The Morgan fingerprint density at radius 1 is 1.12 bits per heavy atom. The van der Waals surface area contributed by atoms with Crippen LogP contribution in [0.4, 0.5) is 5.69 Å². The van der Waals surface area contributed by atoms with Crippen molar-refractivity contribution < 1.29 is 19.1 Å². The minimum atomic E-state index is -0.249. The molecule has 6 nitrogen and oxygen atoms in total. The van der Waals surface area contributed by atoms with E-state index < -0.39 is 0 Å². The average molecular weight is 437 g/mol. The summed E-state index contributed by atoms with van der Waals surface area (Å²) in [7, 11) is 1.68. The molecule has 0 spiro atoms. The summed E-state index contributed by atoms with van der Waals surface area (Å²) < 4.78 is 11.2. The van der Waals surface area contributed by atoms with Gasteiger partial charge in [-0.2, -0.15) is 0 Å². The standard InChI is InChI=1S/C26H32N2O4/c1-17-22(29)9-11-26(2)10-8-20-21(25(30)32-24(20)23(17)26)16-27-12-14-28(15-13-27)18-4-6-19(31-3)7-5-18/h4-7,9,11,20-21,24H,8,10,12-16H2,1-3H3/t20-,21+,24-,26-/m0/s1. The molecular weight excluding hydrogens is 404 g/mol. The molecule has 170 valence electrons. The number of rotatable bonds is 4. The number of ketones is 1. The molecule has 32 heavy (non-hydrogen) atoms. The van der Waals surface area contributed by atoms with E-state index in [2.05, 4.69) is 28.9 Å². The summed E-state index contributed by atoms with van der Waals surface area (Å²) in [6.07, 6.45) is 5.38. The number of ether oxygens (including phenoxy) is 2. The summed E-state index contributed by atoms with van der Waals surface area (Å²) in [4.78, 5) is 30.0. The van der Waals surface area contributed by atoms with Gasteiger partial charge in [0, 0.05) is 55.3 Å². The Morgan fingerprint density at radius 2 is 1.84 bits per heavy atom. The Morgan fingerprint density at radius 3 is 2.53 bits per heavy atom. The van der Waals surface area contributed by atoms with Gasteiger partial charge in [-0.25, -0.2) is 0 Å². The molecule has 4 atom stereocenters. The average Bonchev–Trinajstić information content (AvgIpc) is 3.11. The molecule has 0 aromatic heterocycles. The van der Waals surface area contributed by atoms with E-state index in [0.29, 0.717) is 0 Å². The Balaban J connectivity index is 1.25. The van der Waals surface area contributed by atoms with E-state index in [9.17, 15) is 9.59 Å². The van der Waals surface area contributed by atoms with Gasteiger partial charge in [-0.05, 0) is 55.7 Å². The van der Waals surface area contributed by atoms with Gasteiger partial charge in [-0.15, -0.1) is 0 Å². The lowest BCUT2D eigenvalue weighted by molar-refractivity contribution is -0.144. The number of benzene rings is 1. The second-order valence-corrected chi connectivity index (χ2v) is 9.81. The van der Waals surface area contributed by atoms with Crippen molar-refractivity contribution in [3.05, 3.63) is 47.6 Å². The van der Waals surface area contributed by atoms with E-state index in [4.69, 9.17) is 9.47 Å². The van der Waals surface area contributed by atoms with Crippen molar-refractivity contribution in [2.75, 3.05) is 44.7 Å². The van der Waals surface area contributed by atoms with Crippen LogP contribution in [0.5, 0.6) is 5.75 Å². The number of methoxy groups -OCH3 is 1. The van der Waals surface area contributed by atoms with Crippen molar-refractivity contribution in [2.45, 2.75) is 32.8 Å². The lowest BCUT2D eigenvalue weighted by atomic mass is 9.61. The first-order chi connectivity index (χ1) is 15.4. The van der Waals surface area contributed by atoms with Crippen LogP contribution in [0, 0.1) is 17.3 Å². The summed E-state index contributed by atoms with van der Waals surface area (Å²) in [6, 6.07) is 8.19. The molecule has 0 N–H and O–H groups in total. The van der Waals surface area contributed by atoms with Crippen molar-refractivity contribution in [2.24, 2.45) is 17.3 Å². The zero-order valence-corrected chi connectivity index (χ0v) is 19.2. The van der Waals surface area contributed by atoms with Crippen LogP contribution in [0.15, 0.2) is 47.6 Å². The normalized spacial score (nSPS) is 32.6. The first-order valence-corrected chi connectivity index (χ1v) is 11.7. The van der Waals surface area contributed by atoms with Gasteiger partial charge < -0.3 is 14.4 Å². The van der Waals surface area contributed by atoms with Gasteiger partial charge in [0.1, 0.15) is 11.9 Å². The largest absolute Gasteiger partial charge is 0.497 e. The van der Waals surface area contributed by atoms with Crippen LogP contribution in [0.3, 0.4) is 0 Å². The molecule has 2 saturated heterocycles. The highest BCUT2D eigenvalue weighted by Gasteiger charge is 2.54. The zero-order chi connectivity index (χ0) is 22.5. The second-order valence-electron chi connectivity index (χ2n) is 9.81. The number of nitrogens with zero attached hydrogens (tertiary/aromatic N) is 2. The molecule has 5 rings (SSSR count). The molecule has 1 aromatic rings. The second kappa shape index (κ2) is 8.07. The van der Waals surface area contributed by atoms with E-state index in [0.717, 1.165) is 62.5 Å². The molecule has 1 aromatic carbocycles.